The van der Waals surface area contributed by atoms with E-state index in [1.165, 1.54) is 22.5 Å². The Bertz CT molecular complexity index is 865. The van der Waals surface area contributed by atoms with Gasteiger partial charge >= 0.3 is 0 Å². The second-order valence-corrected chi connectivity index (χ2v) is 8.02. The molecule has 0 aliphatic heterocycles. The van der Waals surface area contributed by atoms with Crippen LogP contribution in [-0.4, -0.2) is 16.4 Å². The largest absolute Gasteiger partial charge is 0.255 e. The number of rotatable bonds is 4. The van der Waals surface area contributed by atoms with Crippen LogP contribution in [0.1, 0.15) is 65.8 Å². The number of pyridine rings is 1. The molecular formula is C25H31N3. The second-order valence-electron chi connectivity index (χ2n) is 8.02. The normalized spacial score (nSPS) is 23.6. The molecular weight excluding hydrogens is 342 g/mol. The van der Waals surface area contributed by atoms with Gasteiger partial charge in [0.05, 0.1) is 22.8 Å². The minimum Gasteiger partial charge on any atom is -0.255 e. The van der Waals surface area contributed by atoms with Crippen molar-refractivity contribution in [3.8, 4) is 0 Å². The fourth-order valence-corrected chi connectivity index (χ4v) is 3.78. The van der Waals surface area contributed by atoms with Crippen LogP contribution in [0.3, 0.4) is 0 Å². The van der Waals surface area contributed by atoms with Gasteiger partial charge in [0.25, 0.3) is 0 Å². The van der Waals surface area contributed by atoms with Crippen LogP contribution in [0.25, 0.3) is 0 Å². The summed E-state index contributed by atoms with van der Waals surface area (Å²) in [5.41, 5.74) is 8.56. The molecule has 0 bridgehead atoms. The summed E-state index contributed by atoms with van der Waals surface area (Å²) in [5.74, 6) is 0.893. The van der Waals surface area contributed by atoms with Crippen molar-refractivity contribution in [3.63, 3.8) is 0 Å². The average Bonchev–Trinajstić information content (AvgIpc) is 2.67. The monoisotopic (exact) mass is 373 g/mol. The van der Waals surface area contributed by atoms with Crippen LogP contribution in [0.15, 0.2) is 75.0 Å². The molecule has 3 heteroatoms. The van der Waals surface area contributed by atoms with E-state index in [1.807, 2.05) is 32.0 Å². The van der Waals surface area contributed by atoms with E-state index in [4.69, 9.17) is 15.0 Å². The van der Waals surface area contributed by atoms with Gasteiger partial charge in [-0.2, -0.15) is 0 Å². The first kappa shape index (κ1) is 20.2. The van der Waals surface area contributed by atoms with Gasteiger partial charge in [-0.1, -0.05) is 44.2 Å². The molecule has 0 aromatic carbocycles. The number of aliphatic imine (C=N–C) groups is 2. The van der Waals surface area contributed by atoms with Crippen LogP contribution in [-0.2, 0) is 0 Å². The highest BCUT2D eigenvalue weighted by molar-refractivity contribution is 6.01. The first-order valence-corrected chi connectivity index (χ1v) is 10.2. The molecule has 1 heterocycles. The van der Waals surface area contributed by atoms with Crippen molar-refractivity contribution in [2.75, 3.05) is 0 Å². The summed E-state index contributed by atoms with van der Waals surface area (Å²) in [5, 5.41) is 0. The zero-order valence-corrected chi connectivity index (χ0v) is 18.0. The van der Waals surface area contributed by atoms with E-state index in [9.17, 15) is 0 Å². The Labute approximate surface area is 169 Å². The lowest BCUT2D eigenvalue weighted by Crippen LogP contribution is -2.10. The predicted molar refractivity (Wildman–Crippen MR) is 120 cm³/mol. The zero-order valence-electron chi connectivity index (χ0n) is 18.0. The SMILES string of the molecule is CC1=C(/N=C(\C)c2cccc(/C(C)=N/C3=C(C)C=CC[C@@H]3C)n2)[C@H](C)CC=C1. The van der Waals surface area contributed by atoms with Crippen LogP contribution in [0.5, 0.6) is 0 Å². The number of hydrogen-bond donors (Lipinski definition) is 0. The lowest BCUT2D eigenvalue weighted by atomic mass is 9.94. The van der Waals surface area contributed by atoms with Crippen molar-refractivity contribution < 1.29 is 0 Å². The van der Waals surface area contributed by atoms with Crippen molar-refractivity contribution in [2.24, 2.45) is 21.8 Å². The van der Waals surface area contributed by atoms with E-state index in [0.717, 1.165) is 35.7 Å². The van der Waals surface area contributed by atoms with Gasteiger partial charge in [-0.3, -0.25) is 9.98 Å². The minimum absolute atomic E-state index is 0.446. The molecule has 1 aromatic rings. The van der Waals surface area contributed by atoms with E-state index in [1.54, 1.807) is 0 Å². The zero-order chi connectivity index (χ0) is 20.3. The molecule has 0 saturated heterocycles. The summed E-state index contributed by atoms with van der Waals surface area (Å²) in [7, 11) is 0. The molecule has 146 valence electrons. The van der Waals surface area contributed by atoms with Crippen molar-refractivity contribution in [3.05, 3.63) is 76.4 Å². The van der Waals surface area contributed by atoms with Gasteiger partial charge in [0, 0.05) is 23.2 Å². The highest BCUT2D eigenvalue weighted by Crippen LogP contribution is 2.27. The standard InChI is InChI=1S/C25H31N3/c1-16-10-7-11-17(2)24(16)26-20(5)22-14-9-15-23(28-22)21(6)27-25-18(3)12-8-13-19(25)4/h7-10,12,14-15,17,19H,11,13H2,1-6H3/b26-20+,27-21+/t17-,19+. The first-order chi connectivity index (χ1) is 13.4. The molecule has 1 aromatic heterocycles. The third kappa shape index (κ3) is 4.46. The first-order valence-electron chi connectivity index (χ1n) is 10.2. The Morgan fingerprint density at radius 3 is 1.64 bits per heavy atom. The fourth-order valence-electron chi connectivity index (χ4n) is 3.78. The van der Waals surface area contributed by atoms with Crippen molar-refractivity contribution in [2.45, 2.75) is 54.4 Å². The molecule has 2 aliphatic rings. The molecule has 0 saturated carbocycles. The summed E-state index contributed by atoms with van der Waals surface area (Å²) >= 11 is 0. The highest BCUT2D eigenvalue weighted by atomic mass is 14.9. The summed E-state index contributed by atoms with van der Waals surface area (Å²) in [6.45, 7) is 12.8. The number of aromatic nitrogens is 1. The van der Waals surface area contributed by atoms with E-state index < -0.39 is 0 Å². The van der Waals surface area contributed by atoms with E-state index >= 15 is 0 Å². The van der Waals surface area contributed by atoms with Gasteiger partial charge in [-0.25, -0.2) is 4.98 Å². The van der Waals surface area contributed by atoms with Crippen LogP contribution >= 0.6 is 0 Å². The Kier molecular flexibility index (Phi) is 6.23. The lowest BCUT2D eigenvalue weighted by Gasteiger charge is -2.18. The fraction of sp³-hybridized carbons (Fsp3) is 0.400. The number of allylic oxidation sites excluding steroid dienone is 8. The third-order valence-electron chi connectivity index (χ3n) is 5.52. The Morgan fingerprint density at radius 2 is 1.25 bits per heavy atom. The predicted octanol–water partition coefficient (Wildman–Crippen LogP) is 6.44. The second kappa shape index (κ2) is 8.64. The van der Waals surface area contributed by atoms with Crippen molar-refractivity contribution in [1.29, 1.82) is 0 Å². The van der Waals surface area contributed by atoms with Gasteiger partial charge in [0.1, 0.15) is 0 Å². The quantitative estimate of drug-likeness (QED) is 0.560. The Balaban J connectivity index is 1.92. The lowest BCUT2D eigenvalue weighted by molar-refractivity contribution is 0.669. The molecule has 0 radical (unpaired) electrons. The number of nitrogens with zero attached hydrogens (tertiary/aromatic N) is 3. The molecule has 0 spiro atoms. The summed E-state index contributed by atoms with van der Waals surface area (Å²) in [4.78, 5) is 14.7. The maximum Gasteiger partial charge on any atom is 0.0849 e. The molecule has 2 aliphatic carbocycles. The topological polar surface area (TPSA) is 37.6 Å². The third-order valence-corrected chi connectivity index (χ3v) is 5.52. The van der Waals surface area contributed by atoms with Gasteiger partial charge in [0.15, 0.2) is 0 Å². The number of hydrogen-bond acceptors (Lipinski definition) is 3. The van der Waals surface area contributed by atoms with E-state index in [-0.39, 0.29) is 0 Å². The van der Waals surface area contributed by atoms with Crippen LogP contribution in [0.4, 0.5) is 0 Å². The average molecular weight is 374 g/mol. The van der Waals surface area contributed by atoms with Crippen LogP contribution < -0.4 is 0 Å². The van der Waals surface area contributed by atoms with Crippen molar-refractivity contribution >= 4 is 11.4 Å². The molecule has 28 heavy (non-hydrogen) atoms. The van der Waals surface area contributed by atoms with Crippen molar-refractivity contribution in [1.82, 2.24) is 4.98 Å². The van der Waals surface area contributed by atoms with Gasteiger partial charge in [-0.05, 0) is 63.8 Å². The molecule has 3 nitrogen and oxygen atoms in total. The Morgan fingerprint density at radius 1 is 0.821 bits per heavy atom. The summed E-state index contributed by atoms with van der Waals surface area (Å²) in [6.07, 6.45) is 10.9. The highest BCUT2D eigenvalue weighted by Gasteiger charge is 2.15. The maximum absolute atomic E-state index is 4.93. The summed E-state index contributed by atoms with van der Waals surface area (Å²) < 4.78 is 0. The van der Waals surface area contributed by atoms with E-state index in [0.29, 0.717) is 11.8 Å². The Hall–Kier alpha value is -2.55. The van der Waals surface area contributed by atoms with Gasteiger partial charge in [-0.15, -0.1) is 0 Å². The maximum atomic E-state index is 4.93. The van der Waals surface area contributed by atoms with Gasteiger partial charge in [0.2, 0.25) is 0 Å². The molecule has 3 rings (SSSR count). The van der Waals surface area contributed by atoms with Crippen LogP contribution in [0.2, 0.25) is 0 Å². The molecule has 2 atom stereocenters. The smallest absolute Gasteiger partial charge is 0.0849 e. The minimum atomic E-state index is 0.446. The molecule has 0 N–H and O–H groups in total. The van der Waals surface area contributed by atoms with Crippen LogP contribution in [0, 0.1) is 11.8 Å². The summed E-state index contributed by atoms with van der Waals surface area (Å²) in [6, 6.07) is 6.11. The van der Waals surface area contributed by atoms with Gasteiger partial charge < -0.3 is 0 Å². The van der Waals surface area contributed by atoms with E-state index in [2.05, 4.69) is 52.0 Å². The molecule has 0 fully saturated rings. The molecule has 0 unspecified atom stereocenters. The molecule has 0 amide bonds.